The Balaban J connectivity index is 0.882. The molecule has 0 saturated carbocycles. The summed E-state index contributed by atoms with van der Waals surface area (Å²) in [5.74, 6) is 1.76. The van der Waals surface area contributed by atoms with Crippen molar-refractivity contribution < 1.29 is 4.42 Å². The Bertz CT molecular complexity index is 4080. The van der Waals surface area contributed by atoms with Crippen LogP contribution in [-0.2, 0) is 5.41 Å². The third-order valence-corrected chi connectivity index (χ3v) is 14.8. The molecule has 74 heavy (non-hydrogen) atoms. The zero-order valence-corrected chi connectivity index (χ0v) is 40.2. The van der Waals surface area contributed by atoms with Gasteiger partial charge in [0.1, 0.15) is 11.2 Å². The van der Waals surface area contributed by atoms with E-state index in [4.69, 9.17) is 19.4 Å². The minimum Gasteiger partial charge on any atom is -0.456 e. The minimum atomic E-state index is -0.461. The Labute approximate surface area is 429 Å². The Morgan fingerprint density at radius 3 is 1.34 bits per heavy atom. The van der Waals surface area contributed by atoms with Crippen LogP contribution in [0.3, 0.4) is 0 Å². The fourth-order valence-electron chi connectivity index (χ4n) is 11.5. The van der Waals surface area contributed by atoms with Gasteiger partial charge >= 0.3 is 0 Å². The van der Waals surface area contributed by atoms with Gasteiger partial charge in [0.2, 0.25) is 0 Å². The molecule has 4 nitrogen and oxygen atoms in total. The summed E-state index contributed by atoms with van der Waals surface area (Å²) in [5.41, 5.74) is 20.5. The molecule has 1 aliphatic rings. The molecule has 0 bridgehead atoms. The second-order valence-electron chi connectivity index (χ2n) is 19.0. The van der Waals surface area contributed by atoms with Crippen molar-refractivity contribution in [1.29, 1.82) is 0 Å². The van der Waals surface area contributed by atoms with Crippen LogP contribution in [0.25, 0.3) is 112 Å². The van der Waals surface area contributed by atoms with Gasteiger partial charge in [-0.3, -0.25) is 0 Å². The fourth-order valence-corrected chi connectivity index (χ4v) is 11.5. The van der Waals surface area contributed by atoms with E-state index < -0.39 is 5.41 Å². The summed E-state index contributed by atoms with van der Waals surface area (Å²) in [6.07, 6.45) is 0. The first kappa shape index (κ1) is 43.1. The molecule has 0 atom stereocenters. The van der Waals surface area contributed by atoms with E-state index in [1.54, 1.807) is 0 Å². The van der Waals surface area contributed by atoms with E-state index >= 15 is 0 Å². The van der Waals surface area contributed by atoms with Crippen molar-refractivity contribution in [3.05, 3.63) is 295 Å². The van der Waals surface area contributed by atoms with E-state index in [2.05, 4.69) is 249 Å². The van der Waals surface area contributed by atoms with E-state index in [-0.39, 0.29) is 0 Å². The van der Waals surface area contributed by atoms with E-state index in [0.717, 1.165) is 72.0 Å². The molecule has 2 aromatic heterocycles. The fraction of sp³-hybridized carbons (Fsp3) is 0.0143. The van der Waals surface area contributed by atoms with Gasteiger partial charge in [-0.15, -0.1) is 0 Å². The van der Waals surface area contributed by atoms with Gasteiger partial charge in [0.15, 0.2) is 17.5 Å². The van der Waals surface area contributed by atoms with Gasteiger partial charge in [-0.05, 0) is 108 Å². The molecule has 1 aliphatic carbocycles. The molecule has 0 saturated heterocycles. The summed E-state index contributed by atoms with van der Waals surface area (Å²) >= 11 is 0. The summed E-state index contributed by atoms with van der Waals surface area (Å²) in [7, 11) is 0. The smallest absolute Gasteiger partial charge is 0.164 e. The highest BCUT2D eigenvalue weighted by Gasteiger charge is 2.46. The van der Waals surface area contributed by atoms with Crippen molar-refractivity contribution >= 4 is 21.9 Å². The third kappa shape index (κ3) is 7.18. The Morgan fingerprint density at radius 2 is 0.703 bits per heavy atom. The molecule has 0 aliphatic heterocycles. The molecule has 11 aromatic carbocycles. The van der Waals surface area contributed by atoms with Crippen molar-refractivity contribution in [1.82, 2.24) is 15.0 Å². The Morgan fingerprint density at radius 1 is 0.270 bits per heavy atom. The predicted octanol–water partition coefficient (Wildman–Crippen LogP) is 17.8. The standard InChI is InChI=1S/C70H45N3O/c1-5-19-46(20-6-1)50-23-15-25-53(43-50)67-71-68(54-26-16-24-51(44-54)47-21-7-2-8-22-47)73-69(72-67)59-33-18-36-64-66(59)60-45-52(41-42-63(60)74-64)48-37-39-49(40-38-48)57-32-17-35-62-65(57)58-31-13-14-34-61(58)70(62,55-27-9-3-10-28-55)56-29-11-4-12-30-56/h1-45H. The van der Waals surface area contributed by atoms with Crippen LogP contribution in [0.2, 0.25) is 0 Å². The maximum atomic E-state index is 6.62. The lowest BCUT2D eigenvalue weighted by molar-refractivity contribution is 0.669. The van der Waals surface area contributed by atoms with Gasteiger partial charge in [-0.25, -0.2) is 15.0 Å². The first-order valence-electron chi connectivity index (χ1n) is 25.2. The molecule has 2 heterocycles. The van der Waals surface area contributed by atoms with Gasteiger partial charge in [-0.1, -0.05) is 243 Å². The lowest BCUT2D eigenvalue weighted by atomic mass is 9.67. The molecule has 0 radical (unpaired) electrons. The van der Waals surface area contributed by atoms with Crippen LogP contribution in [0.15, 0.2) is 277 Å². The third-order valence-electron chi connectivity index (χ3n) is 14.8. The minimum absolute atomic E-state index is 0.461. The van der Waals surface area contributed by atoms with Crippen molar-refractivity contribution in [2.24, 2.45) is 0 Å². The monoisotopic (exact) mass is 943 g/mol. The van der Waals surface area contributed by atoms with E-state index in [1.807, 2.05) is 24.3 Å². The van der Waals surface area contributed by atoms with E-state index in [9.17, 15) is 0 Å². The maximum absolute atomic E-state index is 6.62. The zero-order valence-electron chi connectivity index (χ0n) is 40.2. The van der Waals surface area contributed by atoms with Crippen LogP contribution < -0.4 is 0 Å². The van der Waals surface area contributed by atoms with Gasteiger partial charge in [0.25, 0.3) is 0 Å². The number of benzene rings is 11. The molecule has 0 unspecified atom stereocenters. The average molecular weight is 944 g/mol. The Kier molecular flexibility index (Phi) is 10.4. The highest BCUT2D eigenvalue weighted by molar-refractivity contribution is 6.13. The number of hydrogen-bond donors (Lipinski definition) is 0. The van der Waals surface area contributed by atoms with Gasteiger partial charge in [0.05, 0.1) is 5.41 Å². The number of nitrogens with zero attached hydrogens (tertiary/aromatic N) is 3. The molecule has 0 spiro atoms. The molecule has 0 N–H and O–H groups in total. The van der Waals surface area contributed by atoms with Crippen molar-refractivity contribution in [3.63, 3.8) is 0 Å². The molecule has 4 heteroatoms. The summed E-state index contributed by atoms with van der Waals surface area (Å²) in [6, 6.07) is 97.2. The molecule has 0 amide bonds. The quantitative estimate of drug-likeness (QED) is 0.145. The Hall–Kier alpha value is -9.77. The first-order chi connectivity index (χ1) is 36.7. The van der Waals surface area contributed by atoms with Crippen molar-refractivity contribution in [3.8, 4) is 89.8 Å². The molecule has 14 rings (SSSR count). The number of furan rings is 1. The summed E-state index contributed by atoms with van der Waals surface area (Å²) in [4.78, 5) is 15.8. The van der Waals surface area contributed by atoms with Crippen LogP contribution >= 0.6 is 0 Å². The second-order valence-corrected chi connectivity index (χ2v) is 19.0. The number of rotatable bonds is 9. The SMILES string of the molecule is c1ccc(-c2cccc(-c3nc(-c4cccc(-c5ccccc5)c4)nc(-c4cccc5oc6ccc(-c7ccc(-c8cccc9c8-c8ccccc8C9(c8ccccc8)c8ccccc8)cc7)cc6c45)n3)c2)cc1. The van der Waals surface area contributed by atoms with Crippen molar-refractivity contribution in [2.75, 3.05) is 0 Å². The lowest BCUT2D eigenvalue weighted by Crippen LogP contribution is -2.28. The average Bonchev–Trinajstić information content (AvgIpc) is 4.09. The normalized spacial score (nSPS) is 12.4. The topological polar surface area (TPSA) is 51.8 Å². The molecule has 13 aromatic rings. The molecular weight excluding hydrogens is 899 g/mol. The maximum Gasteiger partial charge on any atom is 0.164 e. The van der Waals surface area contributed by atoms with Crippen LogP contribution in [0.1, 0.15) is 22.3 Å². The largest absolute Gasteiger partial charge is 0.456 e. The van der Waals surface area contributed by atoms with Gasteiger partial charge in [0, 0.05) is 27.5 Å². The van der Waals surface area contributed by atoms with Crippen molar-refractivity contribution in [2.45, 2.75) is 5.41 Å². The second kappa shape index (κ2) is 17.8. The number of hydrogen-bond acceptors (Lipinski definition) is 4. The van der Waals surface area contributed by atoms with Crippen LogP contribution in [0.5, 0.6) is 0 Å². The van der Waals surface area contributed by atoms with E-state index in [1.165, 1.54) is 44.5 Å². The highest BCUT2D eigenvalue weighted by Crippen LogP contribution is 2.58. The van der Waals surface area contributed by atoms with Gasteiger partial charge in [-0.2, -0.15) is 0 Å². The molecular formula is C70H45N3O. The van der Waals surface area contributed by atoms with Crippen LogP contribution in [0, 0.1) is 0 Å². The number of aromatic nitrogens is 3. The van der Waals surface area contributed by atoms with Crippen LogP contribution in [0.4, 0.5) is 0 Å². The summed E-state index contributed by atoms with van der Waals surface area (Å²) in [5, 5.41) is 1.95. The molecule has 346 valence electrons. The first-order valence-corrected chi connectivity index (χ1v) is 25.2. The molecule has 0 fully saturated rings. The number of fused-ring (bicyclic) bond motifs is 6. The van der Waals surface area contributed by atoms with Crippen LogP contribution in [-0.4, -0.2) is 15.0 Å². The van der Waals surface area contributed by atoms with E-state index in [0.29, 0.717) is 17.5 Å². The van der Waals surface area contributed by atoms with Gasteiger partial charge < -0.3 is 4.42 Å². The predicted molar refractivity (Wildman–Crippen MR) is 302 cm³/mol. The zero-order chi connectivity index (χ0) is 49.0. The summed E-state index contributed by atoms with van der Waals surface area (Å²) in [6.45, 7) is 0. The highest BCUT2D eigenvalue weighted by atomic mass is 16.3. The lowest BCUT2D eigenvalue weighted by Gasteiger charge is -2.34. The summed E-state index contributed by atoms with van der Waals surface area (Å²) < 4.78 is 6.62.